The Kier molecular flexibility index (Phi) is 2.84. The first kappa shape index (κ1) is 11.6. The average Bonchev–Trinajstić information content (AvgIpc) is 3.00. The Hall–Kier alpha value is -2.48. The summed E-state index contributed by atoms with van der Waals surface area (Å²) < 4.78 is 3.30. The van der Waals surface area contributed by atoms with Gasteiger partial charge in [0.25, 0.3) is 0 Å². The molecule has 0 amide bonds. The molecule has 0 spiro atoms. The van der Waals surface area contributed by atoms with Crippen molar-refractivity contribution in [2.45, 2.75) is 0 Å². The fraction of sp³-hybridized carbons (Fsp3) is 0.100. The molecular weight excluding hydrogens is 268 g/mol. The van der Waals surface area contributed by atoms with Crippen LogP contribution in [0.3, 0.4) is 0 Å². The van der Waals surface area contributed by atoms with Crippen LogP contribution >= 0.6 is 11.6 Å². The summed E-state index contributed by atoms with van der Waals surface area (Å²) in [6.07, 6.45) is 6.73. The van der Waals surface area contributed by atoms with Crippen LogP contribution in [0.25, 0.3) is 5.95 Å². The number of nitrogens with zero attached hydrogens (tertiary/aromatic N) is 7. The van der Waals surface area contributed by atoms with Gasteiger partial charge >= 0.3 is 0 Å². The van der Waals surface area contributed by atoms with Crippen LogP contribution in [0.2, 0.25) is 5.28 Å². The minimum atomic E-state index is 0.0946. The second-order valence-electron chi connectivity index (χ2n) is 3.70. The second kappa shape index (κ2) is 4.65. The maximum atomic E-state index is 5.88. The van der Waals surface area contributed by atoms with Gasteiger partial charge in [-0.1, -0.05) is 0 Å². The molecule has 8 nitrogen and oxygen atoms in total. The van der Waals surface area contributed by atoms with Crippen molar-refractivity contribution in [2.75, 3.05) is 5.32 Å². The lowest BCUT2D eigenvalue weighted by molar-refractivity contribution is 0.770. The highest BCUT2D eigenvalue weighted by Crippen LogP contribution is 2.13. The monoisotopic (exact) mass is 276 g/mol. The lowest BCUT2D eigenvalue weighted by atomic mass is 10.6. The Morgan fingerprint density at radius 3 is 2.79 bits per heavy atom. The number of imidazole rings is 1. The molecule has 0 aliphatic heterocycles. The van der Waals surface area contributed by atoms with Crippen LogP contribution in [0, 0.1) is 0 Å². The van der Waals surface area contributed by atoms with Crippen molar-refractivity contribution in [3.8, 4) is 5.95 Å². The molecule has 0 bridgehead atoms. The summed E-state index contributed by atoms with van der Waals surface area (Å²) in [5.74, 6) is 1.33. The zero-order valence-electron chi connectivity index (χ0n) is 9.90. The van der Waals surface area contributed by atoms with E-state index in [-0.39, 0.29) is 5.28 Å². The van der Waals surface area contributed by atoms with Crippen LogP contribution in [-0.2, 0) is 7.05 Å². The number of anilines is 2. The first-order chi connectivity index (χ1) is 9.20. The molecule has 0 aliphatic rings. The number of halogens is 1. The summed E-state index contributed by atoms with van der Waals surface area (Å²) in [6.45, 7) is 0. The van der Waals surface area contributed by atoms with Crippen LogP contribution in [0.1, 0.15) is 0 Å². The van der Waals surface area contributed by atoms with Gasteiger partial charge in [0.2, 0.25) is 17.2 Å². The third kappa shape index (κ3) is 2.52. The van der Waals surface area contributed by atoms with E-state index in [9.17, 15) is 0 Å². The van der Waals surface area contributed by atoms with Gasteiger partial charge in [0.05, 0.1) is 0 Å². The van der Waals surface area contributed by atoms with E-state index in [2.05, 4.69) is 30.4 Å². The highest BCUT2D eigenvalue weighted by molar-refractivity contribution is 6.28. The summed E-state index contributed by atoms with van der Waals surface area (Å²) in [4.78, 5) is 16.2. The Balaban J connectivity index is 1.94. The zero-order valence-corrected chi connectivity index (χ0v) is 10.7. The summed E-state index contributed by atoms with van der Waals surface area (Å²) >= 11 is 5.88. The van der Waals surface area contributed by atoms with Gasteiger partial charge in [-0.15, -0.1) is 0 Å². The standard InChI is InChI=1S/C10H9ClN8/c1-18-4-2-7(17-18)13-9-14-8(11)15-10(16-9)19-5-3-12-6-19/h2-6H,1H3,(H,13,14,15,16,17). The molecule has 0 aliphatic carbocycles. The van der Waals surface area contributed by atoms with E-state index in [1.54, 1.807) is 34.0 Å². The molecule has 0 radical (unpaired) electrons. The molecule has 0 aromatic carbocycles. The maximum absolute atomic E-state index is 5.88. The molecule has 0 unspecified atom stereocenters. The van der Waals surface area contributed by atoms with Gasteiger partial charge in [-0.3, -0.25) is 9.25 Å². The minimum absolute atomic E-state index is 0.0946. The van der Waals surface area contributed by atoms with Crippen LogP contribution < -0.4 is 5.32 Å². The normalized spacial score (nSPS) is 10.6. The first-order valence-electron chi connectivity index (χ1n) is 5.37. The third-order valence-electron chi connectivity index (χ3n) is 2.29. The van der Waals surface area contributed by atoms with Crippen LogP contribution in [-0.4, -0.2) is 34.3 Å². The Morgan fingerprint density at radius 1 is 1.21 bits per heavy atom. The summed E-state index contributed by atoms with van der Waals surface area (Å²) in [6, 6.07) is 1.80. The van der Waals surface area contributed by atoms with E-state index < -0.39 is 0 Å². The molecule has 3 aromatic rings. The summed E-state index contributed by atoms with van der Waals surface area (Å²) in [5, 5.41) is 7.22. The number of aryl methyl sites for hydroxylation is 1. The SMILES string of the molecule is Cn1ccc(Nc2nc(Cl)nc(-n3ccnc3)n2)n1. The van der Waals surface area contributed by atoms with Crippen molar-refractivity contribution in [1.82, 2.24) is 34.3 Å². The first-order valence-corrected chi connectivity index (χ1v) is 5.75. The van der Waals surface area contributed by atoms with E-state index in [1.165, 1.54) is 0 Å². The number of nitrogens with one attached hydrogen (secondary N) is 1. The Labute approximate surface area is 113 Å². The predicted octanol–water partition coefficient (Wildman–Crippen LogP) is 1.19. The quantitative estimate of drug-likeness (QED) is 0.773. The van der Waals surface area contributed by atoms with Crippen LogP contribution in [0.5, 0.6) is 0 Å². The Morgan fingerprint density at radius 2 is 2.11 bits per heavy atom. The fourth-order valence-electron chi connectivity index (χ4n) is 1.48. The molecule has 19 heavy (non-hydrogen) atoms. The van der Waals surface area contributed by atoms with Gasteiger partial charge in [-0.25, -0.2) is 4.98 Å². The third-order valence-corrected chi connectivity index (χ3v) is 2.45. The molecule has 0 saturated heterocycles. The molecule has 3 heterocycles. The molecule has 9 heteroatoms. The molecule has 1 N–H and O–H groups in total. The highest BCUT2D eigenvalue weighted by atomic mass is 35.5. The molecule has 3 rings (SSSR count). The number of hydrogen-bond donors (Lipinski definition) is 1. The van der Waals surface area contributed by atoms with E-state index in [4.69, 9.17) is 11.6 Å². The molecule has 96 valence electrons. The van der Waals surface area contributed by atoms with Gasteiger partial charge in [0.1, 0.15) is 6.33 Å². The number of hydrogen-bond acceptors (Lipinski definition) is 6. The van der Waals surface area contributed by atoms with Crippen LogP contribution in [0.15, 0.2) is 31.0 Å². The largest absolute Gasteiger partial charge is 0.307 e. The van der Waals surface area contributed by atoms with Gasteiger partial charge in [-0.05, 0) is 11.6 Å². The molecule has 0 fully saturated rings. The average molecular weight is 277 g/mol. The van der Waals surface area contributed by atoms with Gasteiger partial charge in [0, 0.05) is 31.7 Å². The molecule has 0 saturated carbocycles. The van der Waals surface area contributed by atoms with E-state index in [0.717, 1.165) is 0 Å². The second-order valence-corrected chi connectivity index (χ2v) is 4.04. The summed E-state index contributed by atoms with van der Waals surface area (Å²) in [7, 11) is 1.82. The van der Waals surface area contributed by atoms with Crippen molar-refractivity contribution in [3.63, 3.8) is 0 Å². The molecule has 0 atom stereocenters. The topological polar surface area (TPSA) is 86.3 Å². The number of rotatable bonds is 3. The molecule has 3 aromatic heterocycles. The maximum Gasteiger partial charge on any atom is 0.241 e. The minimum Gasteiger partial charge on any atom is -0.307 e. The van der Waals surface area contributed by atoms with Crippen LogP contribution in [0.4, 0.5) is 11.8 Å². The lowest BCUT2D eigenvalue weighted by Gasteiger charge is -2.04. The van der Waals surface area contributed by atoms with Crippen molar-refractivity contribution in [1.29, 1.82) is 0 Å². The van der Waals surface area contributed by atoms with E-state index in [1.807, 2.05) is 13.2 Å². The van der Waals surface area contributed by atoms with Crippen molar-refractivity contribution in [2.24, 2.45) is 7.05 Å². The predicted molar refractivity (Wildman–Crippen MR) is 68.4 cm³/mol. The lowest BCUT2D eigenvalue weighted by Crippen LogP contribution is -2.05. The van der Waals surface area contributed by atoms with Crippen molar-refractivity contribution < 1.29 is 0 Å². The fourth-order valence-corrected chi connectivity index (χ4v) is 1.64. The van der Waals surface area contributed by atoms with Gasteiger partial charge < -0.3 is 5.32 Å². The smallest absolute Gasteiger partial charge is 0.241 e. The van der Waals surface area contributed by atoms with Crippen molar-refractivity contribution >= 4 is 23.4 Å². The van der Waals surface area contributed by atoms with E-state index >= 15 is 0 Å². The summed E-state index contributed by atoms with van der Waals surface area (Å²) in [5.41, 5.74) is 0. The highest BCUT2D eigenvalue weighted by Gasteiger charge is 2.07. The Bertz CT molecular complexity index is 689. The van der Waals surface area contributed by atoms with E-state index in [0.29, 0.717) is 17.7 Å². The zero-order chi connectivity index (χ0) is 13.2. The number of aromatic nitrogens is 7. The molecular formula is C10H9ClN8. The van der Waals surface area contributed by atoms with Gasteiger partial charge in [0.15, 0.2) is 5.82 Å². The van der Waals surface area contributed by atoms with Gasteiger partial charge in [-0.2, -0.15) is 20.1 Å². The van der Waals surface area contributed by atoms with Crippen molar-refractivity contribution in [3.05, 3.63) is 36.3 Å².